The van der Waals surface area contributed by atoms with Crippen LogP contribution in [0.5, 0.6) is 0 Å². The molecule has 0 spiro atoms. The summed E-state index contributed by atoms with van der Waals surface area (Å²) in [6.07, 6.45) is 2.78. The van der Waals surface area contributed by atoms with E-state index in [9.17, 15) is 10.1 Å². The van der Waals surface area contributed by atoms with Gasteiger partial charge in [0, 0.05) is 18.5 Å². The van der Waals surface area contributed by atoms with Gasteiger partial charge in [-0.1, -0.05) is 60.7 Å². The minimum absolute atomic E-state index is 0.147. The van der Waals surface area contributed by atoms with E-state index in [-0.39, 0.29) is 11.8 Å². The van der Waals surface area contributed by atoms with Crippen LogP contribution in [0.3, 0.4) is 0 Å². The summed E-state index contributed by atoms with van der Waals surface area (Å²) in [5.41, 5.74) is 4.89. The molecule has 0 radical (unpaired) electrons. The van der Waals surface area contributed by atoms with Gasteiger partial charge < -0.3 is 4.98 Å². The predicted molar refractivity (Wildman–Crippen MR) is 136 cm³/mol. The Morgan fingerprint density at radius 3 is 2.69 bits per heavy atom. The van der Waals surface area contributed by atoms with Crippen molar-refractivity contribution in [1.82, 2.24) is 15.0 Å². The normalized spacial score (nSPS) is 23.7. The van der Waals surface area contributed by atoms with Crippen molar-refractivity contribution >= 4 is 25.3 Å². The molecule has 0 fully saturated rings. The molecule has 2 heterocycles. The standard InChI is InChI=1S/C28H24BN5O/c1-27(25(35)34-26-32-21(24(29)33-26)14-17-8-3-2-4-9-17)15-28(16-30)20-12-6-5-10-18(20)22(27)19-11-7-13-31-23(19)28/h2-13,22H,14-15,29H2,1H3,(H2,32,33,34,35). The first-order valence-corrected chi connectivity index (χ1v) is 11.8. The quantitative estimate of drug-likeness (QED) is 0.461. The van der Waals surface area contributed by atoms with Gasteiger partial charge in [-0.05, 0) is 47.3 Å². The van der Waals surface area contributed by atoms with E-state index in [4.69, 9.17) is 4.98 Å². The third-order valence-corrected chi connectivity index (χ3v) is 7.70. The van der Waals surface area contributed by atoms with Crippen molar-refractivity contribution < 1.29 is 4.79 Å². The number of nitrogens with one attached hydrogen (secondary N) is 2. The Morgan fingerprint density at radius 1 is 1.14 bits per heavy atom. The first kappa shape index (κ1) is 21.4. The van der Waals surface area contributed by atoms with Crippen molar-refractivity contribution in [3.8, 4) is 6.07 Å². The molecule has 0 aliphatic heterocycles. The summed E-state index contributed by atoms with van der Waals surface area (Å²) in [4.78, 5) is 26.5. The fraction of sp³-hybridized carbons (Fsp3) is 0.214. The van der Waals surface area contributed by atoms with Crippen LogP contribution in [0.15, 0.2) is 72.9 Å². The molecule has 6 nitrogen and oxygen atoms in total. The van der Waals surface area contributed by atoms with E-state index in [1.54, 1.807) is 6.20 Å². The first-order chi connectivity index (χ1) is 17.0. The van der Waals surface area contributed by atoms with Crippen molar-refractivity contribution in [1.29, 1.82) is 5.26 Å². The van der Waals surface area contributed by atoms with Crippen molar-refractivity contribution in [2.75, 3.05) is 5.32 Å². The number of nitrogens with zero attached hydrogens (tertiary/aromatic N) is 3. The lowest BCUT2D eigenvalue weighted by atomic mass is 9.48. The zero-order chi connectivity index (χ0) is 24.2. The highest BCUT2D eigenvalue weighted by Gasteiger charge is 2.61. The van der Waals surface area contributed by atoms with E-state index in [1.807, 2.05) is 69.4 Å². The molecule has 3 aliphatic rings. The first-order valence-electron chi connectivity index (χ1n) is 11.8. The van der Waals surface area contributed by atoms with E-state index in [0.29, 0.717) is 18.8 Å². The third-order valence-electron chi connectivity index (χ3n) is 7.70. The van der Waals surface area contributed by atoms with E-state index >= 15 is 0 Å². The zero-order valence-corrected chi connectivity index (χ0v) is 19.7. The molecule has 2 bridgehead atoms. The largest absolute Gasteiger partial charge is 0.337 e. The second-order valence-electron chi connectivity index (χ2n) is 9.85. The van der Waals surface area contributed by atoms with Gasteiger partial charge in [0.1, 0.15) is 5.41 Å². The average Bonchev–Trinajstić information content (AvgIpc) is 3.22. The molecular weight excluding hydrogens is 433 g/mol. The molecular formula is C28H24BN5O. The molecule has 35 heavy (non-hydrogen) atoms. The van der Waals surface area contributed by atoms with E-state index in [1.165, 1.54) is 0 Å². The molecule has 2 N–H and O–H groups in total. The average molecular weight is 457 g/mol. The molecule has 2 aromatic carbocycles. The third kappa shape index (κ3) is 3.06. The maximum atomic E-state index is 13.9. The highest BCUT2D eigenvalue weighted by molar-refractivity contribution is 6.31. The predicted octanol–water partition coefficient (Wildman–Crippen LogP) is 2.96. The number of carbonyl (C=O) groups is 1. The number of aromatic amines is 1. The van der Waals surface area contributed by atoms with Crippen LogP contribution in [-0.4, -0.2) is 28.7 Å². The van der Waals surface area contributed by atoms with E-state index < -0.39 is 10.8 Å². The van der Waals surface area contributed by atoms with E-state index in [2.05, 4.69) is 33.5 Å². The highest BCUT2D eigenvalue weighted by Crippen LogP contribution is 2.63. The number of benzene rings is 2. The summed E-state index contributed by atoms with van der Waals surface area (Å²) in [7, 11) is 1.97. The molecule has 7 heteroatoms. The number of amides is 1. The number of pyridine rings is 1. The van der Waals surface area contributed by atoms with Crippen molar-refractivity contribution in [2.24, 2.45) is 5.41 Å². The Balaban J connectivity index is 1.38. The van der Waals surface area contributed by atoms with Gasteiger partial charge >= 0.3 is 0 Å². The number of fused-ring (bicyclic) bond motifs is 1. The summed E-state index contributed by atoms with van der Waals surface area (Å²) in [5, 5.41) is 13.6. The van der Waals surface area contributed by atoms with Crippen LogP contribution in [-0.2, 0) is 16.6 Å². The summed E-state index contributed by atoms with van der Waals surface area (Å²) in [6, 6.07) is 24.6. The highest BCUT2D eigenvalue weighted by atomic mass is 16.2. The van der Waals surface area contributed by atoms with Gasteiger partial charge in [-0.3, -0.25) is 15.1 Å². The molecule has 170 valence electrons. The van der Waals surface area contributed by atoms with Crippen LogP contribution in [0.2, 0.25) is 0 Å². The summed E-state index contributed by atoms with van der Waals surface area (Å²) < 4.78 is 0. The number of aromatic nitrogens is 3. The van der Waals surface area contributed by atoms with E-state index in [0.717, 1.165) is 39.2 Å². The number of anilines is 1. The molecule has 2 aromatic heterocycles. The van der Waals surface area contributed by atoms with Gasteiger partial charge in [0.15, 0.2) is 7.85 Å². The van der Waals surface area contributed by atoms with Gasteiger partial charge in [0.05, 0.1) is 22.9 Å². The van der Waals surface area contributed by atoms with Gasteiger partial charge in [-0.15, -0.1) is 0 Å². The van der Waals surface area contributed by atoms with Gasteiger partial charge in [-0.2, -0.15) is 5.26 Å². The number of rotatable bonds is 4. The van der Waals surface area contributed by atoms with Crippen molar-refractivity contribution in [2.45, 2.75) is 31.1 Å². The molecule has 0 saturated carbocycles. The Bertz CT molecular complexity index is 1460. The van der Waals surface area contributed by atoms with Crippen LogP contribution < -0.4 is 10.9 Å². The maximum absolute atomic E-state index is 13.9. The number of hydrogen-bond donors (Lipinski definition) is 2. The Kier molecular flexibility index (Phi) is 4.68. The van der Waals surface area contributed by atoms with Crippen LogP contribution in [0.25, 0.3) is 0 Å². The molecule has 7 rings (SSSR count). The number of carbonyl (C=O) groups excluding carboxylic acids is 1. The van der Waals surface area contributed by atoms with Crippen LogP contribution in [0.4, 0.5) is 5.95 Å². The summed E-state index contributed by atoms with van der Waals surface area (Å²) in [5.74, 6) is 0.0930. The summed E-state index contributed by atoms with van der Waals surface area (Å²) >= 11 is 0. The SMILES string of the molecule is Bc1[nH]c(NC(=O)C2(C)CC3(C#N)c4ccccc4C2c2cccnc23)nc1Cc1ccccc1. The number of imidazole rings is 1. The number of hydrogen-bond acceptors (Lipinski definition) is 4. The molecule has 4 aromatic rings. The minimum Gasteiger partial charge on any atom is -0.337 e. The summed E-state index contributed by atoms with van der Waals surface area (Å²) in [6.45, 7) is 1.96. The molecule has 3 atom stereocenters. The van der Waals surface area contributed by atoms with Crippen molar-refractivity contribution in [3.63, 3.8) is 0 Å². The zero-order valence-electron chi connectivity index (χ0n) is 19.7. The lowest BCUT2D eigenvalue weighted by Crippen LogP contribution is -2.54. The lowest BCUT2D eigenvalue weighted by Gasteiger charge is -2.53. The Morgan fingerprint density at radius 2 is 1.89 bits per heavy atom. The number of H-pyrrole nitrogens is 1. The molecule has 3 unspecified atom stereocenters. The second-order valence-corrected chi connectivity index (χ2v) is 9.85. The van der Waals surface area contributed by atoms with Gasteiger partial charge in [0.2, 0.25) is 11.9 Å². The fourth-order valence-corrected chi connectivity index (χ4v) is 6.09. The topological polar surface area (TPSA) is 94.5 Å². The molecule has 3 aliphatic carbocycles. The molecule has 1 amide bonds. The van der Waals surface area contributed by atoms with Crippen LogP contribution in [0, 0.1) is 16.7 Å². The lowest BCUT2D eigenvalue weighted by molar-refractivity contribution is -0.127. The molecule has 0 saturated heterocycles. The van der Waals surface area contributed by atoms with Crippen molar-refractivity contribution in [3.05, 3.63) is 107 Å². The smallest absolute Gasteiger partial charge is 0.233 e. The maximum Gasteiger partial charge on any atom is 0.233 e. The Hall–Kier alpha value is -4.18. The van der Waals surface area contributed by atoms with Crippen LogP contribution in [0.1, 0.15) is 52.9 Å². The second kappa shape index (κ2) is 7.67. The number of nitriles is 1. The fourth-order valence-electron chi connectivity index (χ4n) is 6.09. The monoisotopic (exact) mass is 457 g/mol. The van der Waals surface area contributed by atoms with Gasteiger partial charge in [-0.25, -0.2) is 4.98 Å². The van der Waals surface area contributed by atoms with Crippen LogP contribution >= 0.6 is 0 Å². The minimum atomic E-state index is -0.967. The van der Waals surface area contributed by atoms with Gasteiger partial charge in [0.25, 0.3) is 0 Å². The Labute approximate surface area is 204 Å².